The molecule has 0 spiro atoms. The predicted molar refractivity (Wildman–Crippen MR) is 107 cm³/mol. The van der Waals surface area contributed by atoms with E-state index in [1.807, 2.05) is 0 Å². The molecule has 8 heteroatoms. The van der Waals surface area contributed by atoms with Crippen molar-refractivity contribution in [2.75, 3.05) is 6.61 Å². The fourth-order valence-corrected chi connectivity index (χ4v) is 3.28. The van der Waals surface area contributed by atoms with E-state index in [4.69, 9.17) is 9.84 Å². The van der Waals surface area contributed by atoms with Crippen LogP contribution >= 0.6 is 0 Å². The number of benzene rings is 2. The molecule has 0 radical (unpaired) electrons. The summed E-state index contributed by atoms with van der Waals surface area (Å²) >= 11 is 0. The summed E-state index contributed by atoms with van der Waals surface area (Å²) < 4.78 is 35.0. The number of nitrogens with zero attached hydrogens (tertiary/aromatic N) is 1. The van der Waals surface area contributed by atoms with E-state index in [1.165, 1.54) is 13.0 Å². The molecule has 0 aliphatic rings. The Kier molecular flexibility index (Phi) is 5.96. The number of nitrogens with one attached hydrogen (secondary N) is 1. The van der Waals surface area contributed by atoms with Crippen LogP contribution in [0.3, 0.4) is 0 Å². The molecule has 0 saturated carbocycles. The third-order valence-electron chi connectivity index (χ3n) is 4.62. The summed E-state index contributed by atoms with van der Waals surface area (Å²) in [5.74, 6) is -2.62. The minimum Gasteiger partial charge on any atom is -0.478 e. The summed E-state index contributed by atoms with van der Waals surface area (Å²) in [5.41, 5.74) is 0.0685. The molecule has 156 valence electrons. The number of ketones is 1. The number of hydrogen-bond donors (Lipinski definition) is 2. The number of carboxylic acid groups (broad SMARTS) is 1. The molecule has 6 nitrogen and oxygen atoms in total. The quantitative estimate of drug-likeness (QED) is 0.567. The van der Waals surface area contributed by atoms with Crippen LogP contribution in [0.2, 0.25) is 0 Å². The van der Waals surface area contributed by atoms with E-state index in [0.717, 1.165) is 12.1 Å². The van der Waals surface area contributed by atoms with Crippen LogP contribution in [0.5, 0.6) is 5.88 Å². The van der Waals surface area contributed by atoms with E-state index < -0.39 is 35.1 Å². The van der Waals surface area contributed by atoms with Crippen LogP contribution in [-0.4, -0.2) is 28.6 Å². The molecular weight excluding hydrogens is 394 g/mol. The van der Waals surface area contributed by atoms with Gasteiger partial charge in [-0.2, -0.15) is 0 Å². The molecule has 1 heterocycles. The molecule has 0 unspecified atom stereocenters. The smallest absolute Gasteiger partial charge is 0.405 e. The van der Waals surface area contributed by atoms with Crippen LogP contribution in [-0.2, 0) is 0 Å². The van der Waals surface area contributed by atoms with Crippen molar-refractivity contribution < 1.29 is 28.2 Å². The van der Waals surface area contributed by atoms with Gasteiger partial charge in [-0.3, -0.25) is 4.79 Å². The van der Waals surface area contributed by atoms with Gasteiger partial charge in [-0.25, -0.2) is 18.6 Å². The van der Waals surface area contributed by atoms with Gasteiger partial charge in [-0.15, -0.1) is 0 Å². The van der Waals surface area contributed by atoms with Gasteiger partial charge in [0.15, 0.2) is 5.78 Å². The number of fused-ring (bicyclic) bond motifs is 1. The maximum Gasteiger partial charge on any atom is 0.405 e. The topological polar surface area (TPSA) is 88.5 Å². The summed E-state index contributed by atoms with van der Waals surface area (Å²) in [6, 6.07) is 7.53. The van der Waals surface area contributed by atoms with E-state index in [2.05, 4.69) is 10.3 Å². The average Bonchev–Trinajstić information content (AvgIpc) is 2.66. The van der Waals surface area contributed by atoms with E-state index in [-0.39, 0.29) is 11.1 Å². The lowest BCUT2D eigenvalue weighted by Crippen LogP contribution is -2.25. The SMILES string of the molecule is CCOc1nc(C)cc2c(C(=O)c3c(F)cc([C@@H](C)NC(=O)O)cc3F)cccc12. The number of pyridine rings is 1. The van der Waals surface area contributed by atoms with Crippen molar-refractivity contribution in [3.63, 3.8) is 0 Å². The van der Waals surface area contributed by atoms with Crippen molar-refractivity contribution in [2.24, 2.45) is 0 Å². The molecule has 3 aromatic rings. The third kappa shape index (κ3) is 4.07. The average molecular weight is 414 g/mol. The largest absolute Gasteiger partial charge is 0.478 e. The first-order chi connectivity index (χ1) is 14.2. The van der Waals surface area contributed by atoms with Gasteiger partial charge in [0.2, 0.25) is 5.88 Å². The molecule has 1 amide bonds. The van der Waals surface area contributed by atoms with Gasteiger partial charge in [0.1, 0.15) is 11.6 Å². The Hall–Kier alpha value is -3.55. The minimum atomic E-state index is -1.33. The summed E-state index contributed by atoms with van der Waals surface area (Å²) in [4.78, 5) is 28.2. The van der Waals surface area contributed by atoms with Gasteiger partial charge in [-0.05, 0) is 50.6 Å². The number of carbonyl (C=O) groups is 2. The normalized spacial score (nSPS) is 11.9. The van der Waals surface area contributed by atoms with E-state index in [9.17, 15) is 18.4 Å². The van der Waals surface area contributed by atoms with Crippen molar-refractivity contribution in [3.05, 3.63) is 70.4 Å². The zero-order chi connectivity index (χ0) is 22.0. The van der Waals surface area contributed by atoms with Gasteiger partial charge >= 0.3 is 6.09 Å². The number of rotatable bonds is 6. The Balaban J connectivity index is 2.11. The second kappa shape index (κ2) is 8.44. The van der Waals surface area contributed by atoms with Crippen LogP contribution in [0, 0.1) is 18.6 Å². The summed E-state index contributed by atoms with van der Waals surface area (Å²) in [7, 11) is 0. The van der Waals surface area contributed by atoms with Crippen molar-refractivity contribution in [1.29, 1.82) is 0 Å². The van der Waals surface area contributed by atoms with Crippen LogP contribution in [0.25, 0.3) is 10.8 Å². The Morgan fingerprint density at radius 1 is 1.17 bits per heavy atom. The van der Waals surface area contributed by atoms with Gasteiger partial charge in [0.05, 0.1) is 18.2 Å². The highest BCUT2D eigenvalue weighted by atomic mass is 19.1. The molecule has 0 saturated heterocycles. The lowest BCUT2D eigenvalue weighted by molar-refractivity contribution is 0.103. The zero-order valence-electron chi connectivity index (χ0n) is 16.6. The van der Waals surface area contributed by atoms with Crippen molar-refractivity contribution in [2.45, 2.75) is 26.8 Å². The summed E-state index contributed by atoms with van der Waals surface area (Å²) in [6.07, 6.45) is -1.33. The molecule has 0 aliphatic carbocycles. The standard InChI is InChI=1S/C22H20F2N2O4/c1-4-30-21-15-7-5-6-14(16(15)8-11(2)25-21)20(27)19-17(23)9-13(10-18(19)24)12(3)26-22(28)29/h5-10,12,26H,4H2,1-3H3,(H,28,29)/t12-/m1/s1. The minimum absolute atomic E-state index is 0.0700. The van der Waals surface area contributed by atoms with Gasteiger partial charge in [0, 0.05) is 22.0 Å². The number of aromatic nitrogens is 1. The molecule has 3 rings (SSSR count). The number of amides is 1. The van der Waals surface area contributed by atoms with Gasteiger partial charge in [0.25, 0.3) is 0 Å². The number of carbonyl (C=O) groups excluding carboxylic acids is 1. The van der Waals surface area contributed by atoms with Crippen LogP contribution < -0.4 is 10.1 Å². The molecule has 1 aromatic heterocycles. The fraction of sp³-hybridized carbons (Fsp3) is 0.227. The van der Waals surface area contributed by atoms with Crippen LogP contribution in [0.4, 0.5) is 13.6 Å². The molecule has 1 atom stereocenters. The Labute approximate surface area is 171 Å². The molecule has 2 aromatic carbocycles. The molecule has 2 N–H and O–H groups in total. The zero-order valence-corrected chi connectivity index (χ0v) is 16.6. The summed E-state index contributed by atoms with van der Waals surface area (Å²) in [6.45, 7) is 5.35. The highest BCUT2D eigenvalue weighted by Gasteiger charge is 2.24. The lowest BCUT2D eigenvalue weighted by atomic mass is 9.95. The lowest BCUT2D eigenvalue weighted by Gasteiger charge is -2.15. The van der Waals surface area contributed by atoms with Crippen molar-refractivity contribution in [1.82, 2.24) is 10.3 Å². The molecule has 30 heavy (non-hydrogen) atoms. The molecular formula is C22H20F2N2O4. The second-order valence-corrected chi connectivity index (χ2v) is 6.76. The van der Waals surface area contributed by atoms with Gasteiger partial charge in [-0.1, -0.05) is 12.1 Å². The van der Waals surface area contributed by atoms with E-state index in [0.29, 0.717) is 29.0 Å². The summed E-state index contributed by atoms with van der Waals surface area (Å²) in [5, 5.41) is 11.9. The number of ether oxygens (including phenoxy) is 1. The first-order valence-corrected chi connectivity index (χ1v) is 9.29. The number of aryl methyl sites for hydroxylation is 1. The van der Waals surface area contributed by atoms with Crippen LogP contribution in [0.15, 0.2) is 36.4 Å². The first-order valence-electron chi connectivity index (χ1n) is 9.29. The highest BCUT2D eigenvalue weighted by molar-refractivity contribution is 6.17. The highest BCUT2D eigenvalue weighted by Crippen LogP contribution is 2.30. The molecule has 0 bridgehead atoms. The monoisotopic (exact) mass is 414 g/mol. The molecule has 0 fully saturated rings. The fourth-order valence-electron chi connectivity index (χ4n) is 3.28. The van der Waals surface area contributed by atoms with Crippen LogP contribution in [0.1, 0.15) is 47.1 Å². The maximum absolute atomic E-state index is 14.8. The van der Waals surface area contributed by atoms with E-state index >= 15 is 0 Å². The number of halogens is 2. The Bertz CT molecular complexity index is 1120. The van der Waals surface area contributed by atoms with Gasteiger partial charge < -0.3 is 15.2 Å². The predicted octanol–water partition coefficient (Wildman–Crippen LogP) is 4.78. The van der Waals surface area contributed by atoms with Crippen molar-refractivity contribution in [3.8, 4) is 5.88 Å². The van der Waals surface area contributed by atoms with Crippen molar-refractivity contribution >= 4 is 22.6 Å². The first kappa shape index (κ1) is 21.2. The second-order valence-electron chi connectivity index (χ2n) is 6.76. The number of hydrogen-bond acceptors (Lipinski definition) is 4. The van der Waals surface area contributed by atoms with E-state index in [1.54, 1.807) is 32.0 Å². The Morgan fingerprint density at radius 3 is 2.43 bits per heavy atom. The Morgan fingerprint density at radius 2 is 1.83 bits per heavy atom. The maximum atomic E-state index is 14.8. The molecule has 0 aliphatic heterocycles. The third-order valence-corrected chi connectivity index (χ3v) is 4.62.